The summed E-state index contributed by atoms with van der Waals surface area (Å²) in [4.78, 5) is 56.7. The molecule has 2 aliphatic heterocycles. The van der Waals surface area contributed by atoms with Gasteiger partial charge < -0.3 is 19.8 Å². The predicted molar refractivity (Wildman–Crippen MR) is 164 cm³/mol. The van der Waals surface area contributed by atoms with E-state index in [0.29, 0.717) is 38.3 Å². The summed E-state index contributed by atoms with van der Waals surface area (Å²) in [5.41, 5.74) is 1.42. The molecule has 4 N–H and O–H groups in total. The maximum absolute atomic E-state index is 13.9. The van der Waals surface area contributed by atoms with E-state index in [4.69, 9.17) is 14.6 Å². The van der Waals surface area contributed by atoms with E-state index in [1.54, 1.807) is 48.5 Å². The number of hydrogen-bond donors (Lipinski definition) is 3. The van der Waals surface area contributed by atoms with E-state index >= 15 is 0 Å². The molecule has 0 bridgehead atoms. The first-order chi connectivity index (χ1) is 21.0. The highest BCUT2D eigenvalue weighted by Gasteiger charge is 2.56. The smallest absolute Gasteiger partial charge is 0.305 e. The lowest BCUT2D eigenvalue weighted by molar-refractivity contribution is -0.122. The van der Waals surface area contributed by atoms with Crippen LogP contribution in [0.4, 0.5) is 11.4 Å². The molecule has 44 heavy (non-hydrogen) atoms. The lowest BCUT2D eigenvalue weighted by Crippen LogP contribution is -2.32. The highest BCUT2D eigenvalue weighted by Crippen LogP contribution is 2.53. The van der Waals surface area contributed by atoms with Crippen molar-refractivity contribution in [1.82, 2.24) is 4.98 Å². The number of benzene rings is 3. The highest BCUT2D eigenvalue weighted by molar-refractivity contribution is 8.00. The number of thiazole rings is 1. The number of imide groups is 1. The summed E-state index contributed by atoms with van der Waals surface area (Å²) in [6.45, 7) is -0.363. The van der Waals surface area contributed by atoms with Crippen LogP contribution in [0.2, 0.25) is 0 Å². The normalized spacial score (nSPS) is 19.3. The number of fused-ring (bicyclic) bond motifs is 2. The van der Waals surface area contributed by atoms with E-state index in [2.05, 4.69) is 10.3 Å². The van der Waals surface area contributed by atoms with Crippen molar-refractivity contribution in [1.29, 1.82) is 0 Å². The zero-order valence-corrected chi connectivity index (χ0v) is 25.3. The standard InChI is InChI=1S/C29H24N4O8S3/c1-40-18-9-7-17(8-10-18)33-27(35)23-22(24-26(32-29(37)43-24)42-25(23)28(33)36)15-3-2-4-19(13-15)41-14-21(34)31-16-5-11-20(12-6-16)44(30,38)39/h2-13,22-23,25H,14H2,1H3,(H,31,34)(H,32,37)(H2,30,38,39)/t22-,23-,25+/m0/s1. The molecule has 6 rings (SSSR count). The number of hydrogen-bond acceptors (Lipinski definition) is 10. The van der Waals surface area contributed by atoms with Crippen LogP contribution in [-0.4, -0.2) is 50.1 Å². The molecule has 3 atom stereocenters. The summed E-state index contributed by atoms with van der Waals surface area (Å²) < 4.78 is 33.8. The number of carbonyl (C=O) groups excluding carboxylic acids is 3. The number of aromatic amines is 1. The number of anilines is 2. The molecule has 0 aliphatic carbocycles. The molecular formula is C29H24N4O8S3. The van der Waals surface area contributed by atoms with Crippen molar-refractivity contribution in [2.24, 2.45) is 11.1 Å². The topological polar surface area (TPSA) is 178 Å². The van der Waals surface area contributed by atoms with Gasteiger partial charge in [0.2, 0.25) is 21.8 Å². The third-order valence-corrected chi connectivity index (χ3v) is 10.5. The zero-order chi connectivity index (χ0) is 31.2. The van der Waals surface area contributed by atoms with Crippen LogP contribution in [0.15, 0.2) is 87.5 Å². The molecule has 226 valence electrons. The van der Waals surface area contributed by atoms with Crippen molar-refractivity contribution in [3.63, 3.8) is 0 Å². The Morgan fingerprint density at radius 2 is 1.73 bits per heavy atom. The van der Waals surface area contributed by atoms with Crippen LogP contribution in [-0.2, 0) is 24.4 Å². The van der Waals surface area contributed by atoms with Crippen molar-refractivity contribution >= 4 is 62.2 Å². The summed E-state index contributed by atoms with van der Waals surface area (Å²) in [5, 5.41) is 7.51. The van der Waals surface area contributed by atoms with Crippen molar-refractivity contribution < 1.29 is 32.3 Å². The van der Waals surface area contributed by atoms with Gasteiger partial charge in [0, 0.05) is 16.5 Å². The van der Waals surface area contributed by atoms with Crippen molar-refractivity contribution in [3.8, 4) is 11.5 Å². The van der Waals surface area contributed by atoms with Gasteiger partial charge in [0.05, 0.1) is 28.6 Å². The van der Waals surface area contributed by atoms with Crippen molar-refractivity contribution in [2.45, 2.75) is 21.1 Å². The fourth-order valence-corrected chi connectivity index (χ4v) is 8.26. The van der Waals surface area contributed by atoms with Gasteiger partial charge in [0.15, 0.2) is 6.61 Å². The summed E-state index contributed by atoms with van der Waals surface area (Å²) >= 11 is 2.17. The Bertz CT molecular complexity index is 1940. The number of aromatic nitrogens is 1. The van der Waals surface area contributed by atoms with Gasteiger partial charge >= 0.3 is 4.87 Å². The second kappa shape index (κ2) is 11.6. The number of thioether (sulfide) groups is 1. The van der Waals surface area contributed by atoms with Crippen molar-refractivity contribution in [3.05, 3.63) is 92.9 Å². The number of methoxy groups -OCH3 is 1. The second-order valence-corrected chi connectivity index (χ2v) is 13.7. The maximum Gasteiger partial charge on any atom is 0.305 e. The number of nitrogens with zero attached hydrogens (tertiary/aromatic N) is 1. The second-order valence-electron chi connectivity index (χ2n) is 9.94. The Kier molecular flexibility index (Phi) is 7.79. The van der Waals surface area contributed by atoms with Crippen LogP contribution < -0.4 is 29.7 Å². The van der Waals surface area contributed by atoms with Crippen molar-refractivity contribution in [2.75, 3.05) is 23.9 Å². The lowest BCUT2D eigenvalue weighted by Gasteiger charge is -2.30. The van der Waals surface area contributed by atoms with Gasteiger partial charge in [-0.15, -0.1) is 0 Å². The summed E-state index contributed by atoms with van der Waals surface area (Å²) in [6, 6.07) is 18.9. The third kappa shape index (κ3) is 5.61. The van der Waals surface area contributed by atoms with E-state index < -0.39 is 33.0 Å². The molecule has 2 aliphatic rings. The molecule has 4 aromatic rings. The quantitative estimate of drug-likeness (QED) is 0.242. The van der Waals surface area contributed by atoms with Crippen LogP contribution in [0.25, 0.3) is 0 Å². The number of H-pyrrole nitrogens is 1. The molecule has 3 heterocycles. The predicted octanol–water partition coefficient (Wildman–Crippen LogP) is 2.91. The monoisotopic (exact) mass is 652 g/mol. The Labute approximate surface area is 259 Å². The number of sulfonamides is 1. The largest absolute Gasteiger partial charge is 0.497 e. The molecule has 3 amide bonds. The minimum atomic E-state index is -3.86. The molecule has 12 nitrogen and oxygen atoms in total. The highest BCUT2D eigenvalue weighted by atomic mass is 32.2. The summed E-state index contributed by atoms with van der Waals surface area (Å²) in [5.74, 6) is -1.73. The number of amides is 3. The third-order valence-electron chi connectivity index (χ3n) is 7.21. The van der Waals surface area contributed by atoms with Gasteiger partial charge in [-0.1, -0.05) is 35.2 Å². The first-order valence-corrected chi connectivity index (χ1v) is 16.3. The van der Waals surface area contributed by atoms with Gasteiger partial charge in [-0.25, -0.2) is 18.5 Å². The first-order valence-electron chi connectivity index (χ1n) is 13.1. The van der Waals surface area contributed by atoms with E-state index in [-0.39, 0.29) is 28.2 Å². The van der Waals surface area contributed by atoms with Crippen LogP contribution >= 0.6 is 23.1 Å². The zero-order valence-electron chi connectivity index (χ0n) is 22.9. The van der Waals surface area contributed by atoms with Gasteiger partial charge in [0.1, 0.15) is 16.7 Å². The molecule has 1 fully saturated rings. The van der Waals surface area contributed by atoms with Crippen LogP contribution in [0.5, 0.6) is 11.5 Å². The number of carbonyl (C=O) groups is 3. The summed E-state index contributed by atoms with van der Waals surface area (Å²) in [6.07, 6.45) is 0. The molecule has 0 radical (unpaired) electrons. The number of nitrogens with two attached hydrogens (primary N) is 1. The van der Waals surface area contributed by atoms with Gasteiger partial charge in [-0.3, -0.25) is 19.2 Å². The van der Waals surface area contributed by atoms with E-state index in [1.165, 1.54) is 48.0 Å². The molecular weight excluding hydrogens is 629 g/mol. The summed E-state index contributed by atoms with van der Waals surface area (Å²) in [7, 11) is -2.34. The minimum absolute atomic E-state index is 0.0860. The molecule has 0 unspecified atom stereocenters. The SMILES string of the molecule is COc1ccc(N2C(=O)[C@H]3[C@H](c4cccc(OCC(=O)Nc5ccc(S(N)(=O)=O)cc5)c4)c4sc(=O)[nH]c4S[C@H]3C2=O)cc1. The average molecular weight is 653 g/mol. The first kappa shape index (κ1) is 29.6. The number of rotatable bonds is 8. The van der Waals surface area contributed by atoms with E-state index in [0.717, 1.165) is 11.3 Å². The van der Waals surface area contributed by atoms with Gasteiger partial charge in [0.25, 0.3) is 5.91 Å². The minimum Gasteiger partial charge on any atom is -0.497 e. The van der Waals surface area contributed by atoms with Gasteiger partial charge in [-0.05, 0) is 66.2 Å². The number of ether oxygens (including phenoxy) is 2. The fraction of sp³-hybridized carbons (Fsp3) is 0.172. The Hall–Kier alpha value is -4.44. The van der Waals surface area contributed by atoms with Gasteiger partial charge in [-0.2, -0.15) is 0 Å². The Morgan fingerprint density at radius 1 is 1.00 bits per heavy atom. The number of nitrogens with one attached hydrogen (secondary N) is 2. The van der Waals surface area contributed by atoms with E-state index in [1.807, 2.05) is 0 Å². The van der Waals surface area contributed by atoms with Crippen LogP contribution in [0.1, 0.15) is 16.4 Å². The fourth-order valence-electron chi connectivity index (χ4n) is 5.23. The average Bonchev–Trinajstić information content (AvgIpc) is 3.50. The number of primary sulfonamides is 1. The maximum atomic E-state index is 13.9. The Balaban J connectivity index is 1.24. The Morgan fingerprint density at radius 3 is 2.41 bits per heavy atom. The molecule has 1 saturated heterocycles. The molecule has 15 heteroatoms. The molecule has 0 saturated carbocycles. The molecule has 0 spiro atoms. The van der Waals surface area contributed by atoms with E-state index in [9.17, 15) is 27.6 Å². The molecule has 1 aromatic heterocycles. The van der Waals surface area contributed by atoms with Crippen LogP contribution in [0, 0.1) is 5.92 Å². The lowest BCUT2D eigenvalue weighted by atomic mass is 9.83. The molecule has 3 aromatic carbocycles. The van der Waals surface area contributed by atoms with Crippen LogP contribution in [0.3, 0.4) is 0 Å².